The van der Waals surface area contributed by atoms with E-state index in [4.69, 9.17) is 17.8 Å². The zero-order valence-corrected chi connectivity index (χ0v) is 11.4. The highest BCUT2D eigenvalue weighted by atomic mass is 32.2. The largest absolute Gasteiger partial charge is 0.370 e. The van der Waals surface area contributed by atoms with Crippen molar-refractivity contribution in [1.29, 1.82) is 0 Å². The number of fused-ring (bicyclic) bond motifs is 1. The molecule has 2 saturated heterocycles. The van der Waals surface area contributed by atoms with E-state index in [2.05, 4.69) is 0 Å². The van der Waals surface area contributed by atoms with Crippen molar-refractivity contribution in [3.05, 3.63) is 0 Å². The van der Waals surface area contributed by atoms with Gasteiger partial charge in [0.25, 0.3) is 20.2 Å². The normalized spacial score (nSPS) is 36.8. The van der Waals surface area contributed by atoms with E-state index in [9.17, 15) is 16.8 Å². The van der Waals surface area contributed by atoms with Crippen LogP contribution in [0.5, 0.6) is 0 Å². The Balaban J connectivity index is 2.03. The highest BCUT2D eigenvalue weighted by molar-refractivity contribution is 7.86. The fourth-order valence-corrected chi connectivity index (χ4v) is 3.27. The molecule has 10 heteroatoms. The van der Waals surface area contributed by atoms with Crippen LogP contribution in [0.4, 0.5) is 0 Å². The molecule has 0 unspecified atom stereocenters. The maximum Gasteiger partial charge on any atom is 0.264 e. The molecule has 0 N–H and O–H groups in total. The van der Waals surface area contributed by atoms with Crippen molar-refractivity contribution in [2.45, 2.75) is 24.4 Å². The van der Waals surface area contributed by atoms with Gasteiger partial charge in [-0.3, -0.25) is 8.37 Å². The van der Waals surface area contributed by atoms with E-state index in [1.165, 1.54) is 0 Å². The molecule has 8 nitrogen and oxygen atoms in total. The third kappa shape index (κ3) is 3.39. The molecule has 0 aliphatic carbocycles. The fourth-order valence-electron chi connectivity index (χ4n) is 2.04. The summed E-state index contributed by atoms with van der Waals surface area (Å²) in [5.74, 6) is 0. The molecule has 0 radical (unpaired) electrons. The van der Waals surface area contributed by atoms with Gasteiger partial charge in [0, 0.05) is 0 Å². The molecule has 2 fully saturated rings. The second-order valence-electron chi connectivity index (χ2n) is 4.27. The molecule has 106 valence electrons. The zero-order valence-electron chi connectivity index (χ0n) is 9.81. The molecule has 18 heavy (non-hydrogen) atoms. The average molecular weight is 302 g/mol. The summed E-state index contributed by atoms with van der Waals surface area (Å²) in [6, 6.07) is 0. The van der Waals surface area contributed by atoms with Gasteiger partial charge in [0.2, 0.25) is 0 Å². The predicted octanol–water partition coefficient (Wildman–Crippen LogP) is -1.53. The van der Waals surface area contributed by atoms with Gasteiger partial charge in [0.05, 0.1) is 25.7 Å². The van der Waals surface area contributed by atoms with Gasteiger partial charge >= 0.3 is 0 Å². The lowest BCUT2D eigenvalue weighted by atomic mass is 10.1. The van der Waals surface area contributed by atoms with Crippen molar-refractivity contribution >= 4 is 20.2 Å². The molecule has 0 spiro atoms. The van der Waals surface area contributed by atoms with Crippen molar-refractivity contribution in [2.75, 3.05) is 25.7 Å². The molecule has 0 aromatic rings. The van der Waals surface area contributed by atoms with E-state index in [1.807, 2.05) is 0 Å². The van der Waals surface area contributed by atoms with Crippen LogP contribution in [0.1, 0.15) is 0 Å². The molecular formula is C8H14O8S2. The van der Waals surface area contributed by atoms with Crippen LogP contribution in [0.3, 0.4) is 0 Å². The highest BCUT2D eigenvalue weighted by Gasteiger charge is 2.51. The molecule has 4 atom stereocenters. The first-order chi connectivity index (χ1) is 8.16. The minimum Gasteiger partial charge on any atom is -0.370 e. The first-order valence-corrected chi connectivity index (χ1v) is 8.79. The van der Waals surface area contributed by atoms with Gasteiger partial charge in [-0.1, -0.05) is 0 Å². The molecule has 2 heterocycles. The standard InChI is InChI=1S/C8H14O8S2/c1-17(9,10)15-5-3-13-8-6(4-14-7(5)8)16-18(2,11)12/h5-8H,3-4H2,1-2H3/t5-,6-,7-,8+/m1/s1. The Kier molecular flexibility index (Phi) is 3.69. The smallest absolute Gasteiger partial charge is 0.264 e. The minimum atomic E-state index is -3.62. The predicted molar refractivity (Wildman–Crippen MR) is 58.9 cm³/mol. The summed E-state index contributed by atoms with van der Waals surface area (Å²) in [7, 11) is -7.24. The Bertz CT molecular complexity index is 461. The summed E-state index contributed by atoms with van der Waals surface area (Å²) < 4.78 is 64.3. The van der Waals surface area contributed by atoms with Crippen LogP contribution in [0.15, 0.2) is 0 Å². The van der Waals surface area contributed by atoms with Gasteiger partial charge in [-0.15, -0.1) is 0 Å². The van der Waals surface area contributed by atoms with E-state index in [1.54, 1.807) is 0 Å². The maximum atomic E-state index is 11.0. The van der Waals surface area contributed by atoms with E-state index in [0.29, 0.717) is 0 Å². The molecule has 0 aromatic carbocycles. The SMILES string of the molecule is CS(=O)(=O)O[C@@H]1CO[C@H]2[C@H]1OC[C@H]2OS(C)(=O)=O. The zero-order chi connectivity index (χ0) is 13.6. The molecular weight excluding hydrogens is 288 g/mol. The van der Waals surface area contributed by atoms with E-state index >= 15 is 0 Å². The van der Waals surface area contributed by atoms with Gasteiger partial charge in [-0.2, -0.15) is 16.8 Å². The summed E-state index contributed by atoms with van der Waals surface area (Å²) >= 11 is 0. The van der Waals surface area contributed by atoms with Crippen molar-refractivity contribution in [2.24, 2.45) is 0 Å². The van der Waals surface area contributed by atoms with E-state index in [-0.39, 0.29) is 13.2 Å². The average Bonchev–Trinajstić information content (AvgIpc) is 2.66. The van der Waals surface area contributed by atoms with E-state index < -0.39 is 44.7 Å². The highest BCUT2D eigenvalue weighted by Crippen LogP contribution is 2.31. The van der Waals surface area contributed by atoms with Crippen LogP contribution in [0, 0.1) is 0 Å². The maximum absolute atomic E-state index is 11.0. The molecule has 0 aromatic heterocycles. The van der Waals surface area contributed by atoms with Crippen LogP contribution in [0.25, 0.3) is 0 Å². The van der Waals surface area contributed by atoms with Gasteiger partial charge in [0.15, 0.2) is 0 Å². The lowest BCUT2D eigenvalue weighted by Crippen LogP contribution is -2.35. The molecule has 0 amide bonds. The number of rotatable bonds is 4. The Morgan fingerprint density at radius 2 is 1.17 bits per heavy atom. The molecule has 2 aliphatic rings. The molecule has 0 saturated carbocycles. The first kappa shape index (κ1) is 14.2. The molecule has 2 rings (SSSR count). The summed E-state index contributed by atoms with van der Waals surface area (Å²) in [5, 5.41) is 0. The van der Waals surface area contributed by atoms with Gasteiger partial charge in [-0.25, -0.2) is 0 Å². The summed E-state index contributed by atoms with van der Waals surface area (Å²) in [4.78, 5) is 0. The van der Waals surface area contributed by atoms with Crippen molar-refractivity contribution in [3.63, 3.8) is 0 Å². The van der Waals surface area contributed by atoms with Gasteiger partial charge in [-0.05, 0) is 0 Å². The Morgan fingerprint density at radius 1 is 0.833 bits per heavy atom. The van der Waals surface area contributed by atoms with Crippen molar-refractivity contribution in [1.82, 2.24) is 0 Å². The van der Waals surface area contributed by atoms with Gasteiger partial charge < -0.3 is 9.47 Å². The molecule has 2 aliphatic heterocycles. The molecule has 0 bridgehead atoms. The minimum absolute atomic E-state index is 0.0199. The van der Waals surface area contributed by atoms with Crippen LogP contribution in [-0.4, -0.2) is 67.0 Å². The fraction of sp³-hybridized carbons (Fsp3) is 1.00. The van der Waals surface area contributed by atoms with Crippen molar-refractivity contribution in [3.8, 4) is 0 Å². The number of hydrogen-bond donors (Lipinski definition) is 0. The Morgan fingerprint density at radius 3 is 1.44 bits per heavy atom. The van der Waals surface area contributed by atoms with E-state index in [0.717, 1.165) is 12.5 Å². The Labute approximate surface area is 105 Å². The summed E-state index contributed by atoms with van der Waals surface area (Å²) in [6.07, 6.45) is -0.936. The number of ether oxygens (including phenoxy) is 2. The summed E-state index contributed by atoms with van der Waals surface area (Å²) in [6.45, 7) is 0.0397. The topological polar surface area (TPSA) is 105 Å². The van der Waals surface area contributed by atoms with Crippen LogP contribution >= 0.6 is 0 Å². The number of hydrogen-bond acceptors (Lipinski definition) is 8. The third-order valence-corrected chi connectivity index (χ3v) is 3.75. The summed E-state index contributed by atoms with van der Waals surface area (Å²) in [5.41, 5.74) is 0. The lowest BCUT2D eigenvalue weighted by Gasteiger charge is -2.15. The second kappa shape index (κ2) is 4.69. The van der Waals surface area contributed by atoms with Crippen LogP contribution in [-0.2, 0) is 38.1 Å². The third-order valence-electron chi connectivity index (χ3n) is 2.56. The monoisotopic (exact) mass is 302 g/mol. The first-order valence-electron chi connectivity index (χ1n) is 5.15. The van der Waals surface area contributed by atoms with Crippen LogP contribution in [0.2, 0.25) is 0 Å². The second-order valence-corrected chi connectivity index (χ2v) is 7.47. The van der Waals surface area contributed by atoms with Crippen LogP contribution < -0.4 is 0 Å². The Hall–Kier alpha value is -0.260. The quantitative estimate of drug-likeness (QED) is 0.576. The van der Waals surface area contributed by atoms with Gasteiger partial charge in [0.1, 0.15) is 24.4 Å². The van der Waals surface area contributed by atoms with Crippen molar-refractivity contribution < 1.29 is 34.7 Å². The lowest BCUT2D eigenvalue weighted by molar-refractivity contribution is 0.0226.